The van der Waals surface area contributed by atoms with Crippen molar-refractivity contribution in [2.75, 3.05) is 31.9 Å². The molecule has 3 fully saturated rings. The van der Waals surface area contributed by atoms with Gasteiger partial charge in [-0.05, 0) is 63.8 Å². The second-order valence-corrected chi connectivity index (χ2v) is 8.10. The normalized spacial score (nSPS) is 39.5. The van der Waals surface area contributed by atoms with E-state index in [1.807, 2.05) is 0 Å². The molecule has 2 heterocycles. The molecule has 0 radical (unpaired) electrons. The van der Waals surface area contributed by atoms with Gasteiger partial charge in [-0.1, -0.05) is 6.42 Å². The highest BCUT2D eigenvalue weighted by Gasteiger charge is 2.43. The molecule has 0 aromatic carbocycles. The van der Waals surface area contributed by atoms with Crippen LogP contribution >= 0.6 is 11.8 Å². The van der Waals surface area contributed by atoms with Gasteiger partial charge in [0.05, 0.1) is 0 Å². The van der Waals surface area contributed by atoms with Crippen LogP contribution in [0.25, 0.3) is 0 Å². The van der Waals surface area contributed by atoms with E-state index >= 15 is 0 Å². The van der Waals surface area contributed by atoms with Crippen molar-refractivity contribution in [1.29, 1.82) is 0 Å². The lowest BCUT2D eigenvalue weighted by Gasteiger charge is -2.36. The summed E-state index contributed by atoms with van der Waals surface area (Å²) in [6.07, 6.45) is 8.60. The van der Waals surface area contributed by atoms with Crippen molar-refractivity contribution in [3.05, 3.63) is 0 Å². The third kappa shape index (κ3) is 3.23. The summed E-state index contributed by atoms with van der Waals surface area (Å²) in [5, 5.41) is 4.76. The fourth-order valence-corrected chi connectivity index (χ4v) is 5.02. The molecule has 0 aromatic heterocycles. The first kappa shape index (κ1) is 13.3. The van der Waals surface area contributed by atoms with Crippen molar-refractivity contribution < 1.29 is 0 Å². The molecule has 0 spiro atoms. The van der Waals surface area contributed by atoms with E-state index in [0.29, 0.717) is 5.54 Å². The molecule has 2 nitrogen and oxygen atoms in total. The molecule has 2 unspecified atom stereocenters. The molecule has 104 valence electrons. The summed E-state index contributed by atoms with van der Waals surface area (Å²) in [6.45, 7) is 7.63. The first-order valence-corrected chi connectivity index (χ1v) is 8.90. The van der Waals surface area contributed by atoms with Crippen LogP contribution in [0.2, 0.25) is 0 Å². The Morgan fingerprint density at radius 2 is 2.11 bits per heavy atom. The smallest absolute Gasteiger partial charge is 0.0308 e. The van der Waals surface area contributed by atoms with Gasteiger partial charge in [-0.15, -0.1) is 0 Å². The Hall–Kier alpha value is 0.270. The Labute approximate surface area is 116 Å². The van der Waals surface area contributed by atoms with Crippen LogP contribution < -0.4 is 5.32 Å². The fourth-order valence-electron chi connectivity index (χ4n) is 3.67. The average molecular weight is 268 g/mol. The highest BCUT2D eigenvalue weighted by Crippen LogP contribution is 2.40. The maximum Gasteiger partial charge on any atom is 0.0308 e. The maximum atomic E-state index is 3.84. The molecule has 1 N–H and O–H groups in total. The second kappa shape index (κ2) is 5.72. The van der Waals surface area contributed by atoms with Gasteiger partial charge in [0.15, 0.2) is 0 Å². The van der Waals surface area contributed by atoms with E-state index in [1.54, 1.807) is 0 Å². The fraction of sp³-hybridized carbons (Fsp3) is 1.00. The number of thioether (sulfide) groups is 1. The third-order valence-corrected chi connectivity index (χ3v) is 6.33. The van der Waals surface area contributed by atoms with Crippen LogP contribution in [-0.2, 0) is 0 Å². The molecule has 2 saturated heterocycles. The first-order valence-electron chi connectivity index (χ1n) is 7.85. The lowest BCUT2D eigenvalue weighted by molar-refractivity contribution is 0.200. The minimum atomic E-state index is 0.413. The standard InChI is InChI=1S/C15H28N2S/c1-15(13-6-7-13)12-17(9-4-8-16-15)11-14-5-2-3-10-18-14/h13-14,16H,2-12H2,1H3. The van der Waals surface area contributed by atoms with Crippen molar-refractivity contribution in [2.24, 2.45) is 5.92 Å². The molecule has 18 heavy (non-hydrogen) atoms. The Kier molecular flexibility index (Phi) is 4.21. The van der Waals surface area contributed by atoms with E-state index in [-0.39, 0.29) is 0 Å². The Bertz CT molecular complexity index is 274. The van der Waals surface area contributed by atoms with Crippen molar-refractivity contribution >= 4 is 11.8 Å². The van der Waals surface area contributed by atoms with Gasteiger partial charge in [-0.25, -0.2) is 0 Å². The third-order valence-electron chi connectivity index (χ3n) is 4.95. The summed E-state index contributed by atoms with van der Waals surface area (Å²) in [5.41, 5.74) is 0.413. The van der Waals surface area contributed by atoms with Crippen LogP contribution in [0.5, 0.6) is 0 Å². The molecule has 0 aromatic rings. The second-order valence-electron chi connectivity index (χ2n) is 6.70. The summed E-state index contributed by atoms with van der Waals surface area (Å²) in [7, 11) is 0. The SMILES string of the molecule is CC1(C2CC2)CN(CC2CCCCS2)CCCN1. The molecule has 0 bridgehead atoms. The zero-order chi connectivity index (χ0) is 12.4. The van der Waals surface area contributed by atoms with Crippen LogP contribution in [0.4, 0.5) is 0 Å². The summed E-state index contributed by atoms with van der Waals surface area (Å²) in [4.78, 5) is 2.77. The zero-order valence-electron chi connectivity index (χ0n) is 11.8. The molecule has 3 rings (SSSR count). The van der Waals surface area contributed by atoms with Crippen LogP contribution in [0, 0.1) is 5.92 Å². The van der Waals surface area contributed by atoms with E-state index < -0.39 is 0 Å². The lowest BCUT2D eigenvalue weighted by Crippen LogP contribution is -2.51. The molecule has 1 aliphatic carbocycles. The summed E-state index contributed by atoms with van der Waals surface area (Å²) < 4.78 is 0. The van der Waals surface area contributed by atoms with Crippen molar-refractivity contribution in [3.63, 3.8) is 0 Å². The predicted octanol–water partition coefficient (Wildman–Crippen LogP) is 2.74. The monoisotopic (exact) mass is 268 g/mol. The Morgan fingerprint density at radius 1 is 1.22 bits per heavy atom. The Balaban J connectivity index is 1.56. The predicted molar refractivity (Wildman–Crippen MR) is 80.3 cm³/mol. The van der Waals surface area contributed by atoms with Crippen molar-refractivity contribution in [3.8, 4) is 0 Å². The van der Waals surface area contributed by atoms with Crippen LogP contribution in [0.3, 0.4) is 0 Å². The highest BCUT2D eigenvalue weighted by atomic mass is 32.2. The molecule has 1 saturated carbocycles. The van der Waals surface area contributed by atoms with Gasteiger partial charge in [0.25, 0.3) is 0 Å². The summed E-state index contributed by atoms with van der Waals surface area (Å²) >= 11 is 2.23. The number of hydrogen-bond donors (Lipinski definition) is 1. The van der Waals surface area contributed by atoms with Gasteiger partial charge in [0.1, 0.15) is 0 Å². The van der Waals surface area contributed by atoms with Gasteiger partial charge in [-0.3, -0.25) is 0 Å². The maximum absolute atomic E-state index is 3.84. The van der Waals surface area contributed by atoms with Gasteiger partial charge in [0.2, 0.25) is 0 Å². The van der Waals surface area contributed by atoms with Crippen LogP contribution in [0.1, 0.15) is 45.4 Å². The van der Waals surface area contributed by atoms with Gasteiger partial charge >= 0.3 is 0 Å². The molecule has 2 aliphatic heterocycles. The van der Waals surface area contributed by atoms with Crippen molar-refractivity contribution in [1.82, 2.24) is 10.2 Å². The Morgan fingerprint density at radius 3 is 2.83 bits per heavy atom. The minimum absolute atomic E-state index is 0.413. The molecule has 2 atom stereocenters. The molecule has 3 heteroatoms. The topological polar surface area (TPSA) is 15.3 Å². The molecular formula is C15H28N2S. The summed E-state index contributed by atoms with van der Waals surface area (Å²) in [5.74, 6) is 2.36. The lowest BCUT2D eigenvalue weighted by atomic mass is 9.95. The summed E-state index contributed by atoms with van der Waals surface area (Å²) in [6, 6.07) is 0. The van der Waals surface area contributed by atoms with Gasteiger partial charge < -0.3 is 10.2 Å². The zero-order valence-corrected chi connectivity index (χ0v) is 12.6. The molecule has 3 aliphatic rings. The van der Waals surface area contributed by atoms with Gasteiger partial charge in [0, 0.05) is 23.9 Å². The molecule has 0 amide bonds. The average Bonchev–Trinajstić information content (AvgIpc) is 3.19. The molecular weight excluding hydrogens is 240 g/mol. The van der Waals surface area contributed by atoms with E-state index in [1.165, 1.54) is 70.5 Å². The quantitative estimate of drug-likeness (QED) is 0.847. The minimum Gasteiger partial charge on any atom is -0.310 e. The number of rotatable bonds is 3. The van der Waals surface area contributed by atoms with Crippen molar-refractivity contribution in [2.45, 2.75) is 56.2 Å². The van der Waals surface area contributed by atoms with E-state index in [2.05, 4.69) is 28.9 Å². The van der Waals surface area contributed by atoms with E-state index in [0.717, 1.165) is 11.2 Å². The van der Waals surface area contributed by atoms with Crippen LogP contribution in [-0.4, -0.2) is 47.6 Å². The number of hydrogen-bond acceptors (Lipinski definition) is 3. The largest absolute Gasteiger partial charge is 0.310 e. The van der Waals surface area contributed by atoms with Crippen LogP contribution in [0.15, 0.2) is 0 Å². The van der Waals surface area contributed by atoms with E-state index in [4.69, 9.17) is 0 Å². The number of nitrogens with one attached hydrogen (secondary N) is 1. The van der Waals surface area contributed by atoms with Gasteiger partial charge in [-0.2, -0.15) is 11.8 Å². The number of nitrogens with zero attached hydrogens (tertiary/aromatic N) is 1. The van der Waals surface area contributed by atoms with E-state index in [9.17, 15) is 0 Å². The highest BCUT2D eigenvalue weighted by molar-refractivity contribution is 7.99. The first-order chi connectivity index (χ1) is 8.76.